The largest absolute Gasteiger partial charge is 0.493 e. The van der Waals surface area contributed by atoms with Crippen molar-refractivity contribution < 1.29 is 28.5 Å². The third-order valence-electron chi connectivity index (χ3n) is 7.33. The number of aromatic nitrogens is 1. The maximum Gasteiger partial charge on any atom is 0.338 e. The molecule has 236 valence electrons. The van der Waals surface area contributed by atoms with Crippen LogP contribution in [0.5, 0.6) is 23.0 Å². The van der Waals surface area contributed by atoms with Crippen LogP contribution in [0.15, 0.2) is 81.7 Å². The van der Waals surface area contributed by atoms with Crippen LogP contribution in [-0.2, 0) is 16.1 Å². The minimum absolute atomic E-state index is 0.173. The number of esters is 1. The van der Waals surface area contributed by atoms with Crippen LogP contribution in [-0.4, -0.2) is 38.0 Å². The predicted molar refractivity (Wildman–Crippen MR) is 173 cm³/mol. The van der Waals surface area contributed by atoms with Gasteiger partial charge in [0.05, 0.1) is 60.9 Å². The molecule has 0 saturated heterocycles. The van der Waals surface area contributed by atoms with E-state index < -0.39 is 12.0 Å². The maximum atomic E-state index is 14.1. The van der Waals surface area contributed by atoms with Crippen molar-refractivity contribution >= 4 is 23.4 Å². The minimum Gasteiger partial charge on any atom is -0.493 e. The number of hydrogen-bond donors (Lipinski definition) is 0. The minimum atomic E-state index is -0.802. The summed E-state index contributed by atoms with van der Waals surface area (Å²) in [7, 11) is 3.09. The Bertz CT molecular complexity index is 2040. The molecule has 0 amide bonds. The summed E-state index contributed by atoms with van der Waals surface area (Å²) in [4.78, 5) is 32.4. The fourth-order valence-electron chi connectivity index (χ4n) is 5.19. The molecule has 5 rings (SSSR count). The predicted octanol–water partition coefficient (Wildman–Crippen LogP) is 4.66. The lowest BCUT2D eigenvalue weighted by Crippen LogP contribution is -2.40. The van der Waals surface area contributed by atoms with E-state index in [-0.39, 0.29) is 24.3 Å². The van der Waals surface area contributed by atoms with E-state index in [0.29, 0.717) is 61.3 Å². The summed E-state index contributed by atoms with van der Waals surface area (Å²) < 4.78 is 30.2. The number of thiazole rings is 1. The van der Waals surface area contributed by atoms with Crippen molar-refractivity contribution in [3.63, 3.8) is 0 Å². The first-order valence-corrected chi connectivity index (χ1v) is 15.4. The molecule has 0 unspecified atom stereocenters. The van der Waals surface area contributed by atoms with Gasteiger partial charge in [-0.3, -0.25) is 9.36 Å². The summed E-state index contributed by atoms with van der Waals surface area (Å²) in [5.74, 6) is 1.44. The molecule has 2 heterocycles. The van der Waals surface area contributed by atoms with Gasteiger partial charge in [-0.25, -0.2) is 9.79 Å². The van der Waals surface area contributed by atoms with Gasteiger partial charge in [0.25, 0.3) is 5.56 Å². The van der Waals surface area contributed by atoms with Crippen molar-refractivity contribution in [2.45, 2.75) is 33.4 Å². The van der Waals surface area contributed by atoms with E-state index in [1.165, 1.54) is 23.0 Å². The zero-order valence-corrected chi connectivity index (χ0v) is 27.0. The SMILES string of the molecule is CCOC(=O)C1=C(C)N=c2s/c(=C/c3ccc(OCc4ccccc4C#N)c(OC)c3)c(=O)n2[C@H]1c1ccc(OC)c(OCC)c1. The maximum absolute atomic E-state index is 14.1. The van der Waals surface area contributed by atoms with Crippen LogP contribution in [0.4, 0.5) is 0 Å². The second kappa shape index (κ2) is 14.2. The van der Waals surface area contributed by atoms with Gasteiger partial charge in [-0.2, -0.15) is 5.26 Å². The molecule has 0 spiro atoms. The van der Waals surface area contributed by atoms with Crippen LogP contribution >= 0.6 is 11.3 Å². The lowest BCUT2D eigenvalue weighted by atomic mass is 9.95. The van der Waals surface area contributed by atoms with E-state index in [1.54, 1.807) is 69.5 Å². The highest BCUT2D eigenvalue weighted by Gasteiger charge is 2.34. The van der Waals surface area contributed by atoms with Crippen molar-refractivity contribution in [3.8, 4) is 29.1 Å². The van der Waals surface area contributed by atoms with Crippen molar-refractivity contribution in [1.29, 1.82) is 5.26 Å². The van der Waals surface area contributed by atoms with Gasteiger partial charge in [-0.15, -0.1) is 0 Å². The van der Waals surface area contributed by atoms with Gasteiger partial charge in [0.1, 0.15) is 6.61 Å². The summed E-state index contributed by atoms with van der Waals surface area (Å²) in [5.41, 5.74) is 3.07. The quantitative estimate of drug-likeness (QED) is 0.217. The van der Waals surface area contributed by atoms with E-state index in [1.807, 2.05) is 25.1 Å². The van der Waals surface area contributed by atoms with E-state index in [0.717, 1.165) is 5.56 Å². The molecule has 0 aliphatic carbocycles. The van der Waals surface area contributed by atoms with Crippen LogP contribution < -0.4 is 33.8 Å². The molecule has 3 aromatic carbocycles. The zero-order chi connectivity index (χ0) is 32.8. The standard InChI is InChI=1S/C35H33N3O7S/c1-6-43-29-18-23(13-15-26(29)41-4)32-31(34(40)44-7-2)21(3)37-35-38(32)33(39)30(46-35)17-22-12-14-27(28(16-22)42-5)45-20-25-11-9-8-10-24(25)19-36/h8-18,32H,6-7,20H2,1-5H3/b30-17+/t32-/m0/s1. The number of carbonyl (C=O) groups excluding carboxylic acids is 1. The molecule has 0 fully saturated rings. The molecule has 1 atom stereocenters. The van der Waals surface area contributed by atoms with E-state index in [4.69, 9.17) is 23.7 Å². The molecule has 1 aromatic heterocycles. The Balaban J connectivity index is 1.57. The normalized spacial score (nSPS) is 14.2. The average molecular weight is 640 g/mol. The zero-order valence-electron chi connectivity index (χ0n) is 26.2. The lowest BCUT2D eigenvalue weighted by Gasteiger charge is -2.25. The number of hydrogen-bond acceptors (Lipinski definition) is 10. The number of benzene rings is 3. The molecule has 1 aliphatic rings. The summed E-state index contributed by atoms with van der Waals surface area (Å²) in [5, 5.41) is 9.39. The Labute approximate surface area is 270 Å². The topological polar surface area (TPSA) is 121 Å². The molecule has 1 aliphatic heterocycles. The van der Waals surface area contributed by atoms with Crippen LogP contribution in [0.3, 0.4) is 0 Å². The number of carbonyl (C=O) groups is 1. The number of methoxy groups -OCH3 is 2. The molecular weight excluding hydrogens is 606 g/mol. The lowest BCUT2D eigenvalue weighted by molar-refractivity contribution is -0.139. The fourth-order valence-corrected chi connectivity index (χ4v) is 6.24. The number of fused-ring (bicyclic) bond motifs is 1. The first kappa shape index (κ1) is 32.1. The van der Waals surface area contributed by atoms with E-state index in [2.05, 4.69) is 11.1 Å². The highest BCUT2D eigenvalue weighted by Crippen LogP contribution is 2.36. The van der Waals surface area contributed by atoms with Gasteiger partial charge in [0.15, 0.2) is 27.8 Å². The van der Waals surface area contributed by atoms with Gasteiger partial charge < -0.3 is 23.7 Å². The summed E-state index contributed by atoms with van der Waals surface area (Å²) in [6, 6.07) is 19.3. The molecule has 0 radical (unpaired) electrons. The smallest absolute Gasteiger partial charge is 0.338 e. The van der Waals surface area contributed by atoms with Gasteiger partial charge in [-0.1, -0.05) is 41.7 Å². The van der Waals surface area contributed by atoms with Crippen molar-refractivity contribution in [2.24, 2.45) is 4.99 Å². The number of allylic oxidation sites excluding steroid dienone is 1. The van der Waals surface area contributed by atoms with Gasteiger partial charge in [0, 0.05) is 5.56 Å². The molecule has 46 heavy (non-hydrogen) atoms. The Kier molecular flexibility index (Phi) is 9.88. The second-order valence-electron chi connectivity index (χ2n) is 10.1. The van der Waals surface area contributed by atoms with Crippen LogP contribution in [0.2, 0.25) is 0 Å². The van der Waals surface area contributed by atoms with E-state index in [9.17, 15) is 14.9 Å². The third-order valence-corrected chi connectivity index (χ3v) is 8.31. The molecule has 0 bridgehead atoms. The molecule has 0 saturated carbocycles. The van der Waals surface area contributed by atoms with E-state index >= 15 is 0 Å². The first-order chi connectivity index (χ1) is 22.3. The van der Waals surface area contributed by atoms with Crippen molar-refractivity contribution in [3.05, 3.63) is 114 Å². The number of ether oxygens (including phenoxy) is 5. The highest BCUT2D eigenvalue weighted by molar-refractivity contribution is 7.07. The highest BCUT2D eigenvalue weighted by atomic mass is 32.1. The molecule has 0 N–H and O–H groups in total. The van der Waals surface area contributed by atoms with Gasteiger partial charge in [0.2, 0.25) is 0 Å². The monoisotopic (exact) mass is 639 g/mol. The van der Waals surface area contributed by atoms with Crippen molar-refractivity contribution in [2.75, 3.05) is 27.4 Å². The number of nitrogens with zero attached hydrogens (tertiary/aromatic N) is 3. The fraction of sp³-hybridized carbons (Fsp3) is 0.257. The summed E-state index contributed by atoms with van der Waals surface area (Å²) in [6.45, 7) is 6.10. The summed E-state index contributed by atoms with van der Waals surface area (Å²) >= 11 is 1.22. The van der Waals surface area contributed by atoms with Crippen LogP contribution in [0, 0.1) is 11.3 Å². The first-order valence-electron chi connectivity index (χ1n) is 14.6. The Morgan fingerprint density at radius 2 is 1.74 bits per heavy atom. The van der Waals surface area contributed by atoms with Gasteiger partial charge >= 0.3 is 5.97 Å². The molecule has 10 nitrogen and oxygen atoms in total. The van der Waals surface area contributed by atoms with Gasteiger partial charge in [-0.05, 0) is 68.3 Å². The average Bonchev–Trinajstić information content (AvgIpc) is 3.37. The molecule has 11 heteroatoms. The number of nitriles is 1. The summed E-state index contributed by atoms with van der Waals surface area (Å²) in [6.07, 6.45) is 1.75. The Morgan fingerprint density at radius 1 is 0.978 bits per heavy atom. The number of rotatable bonds is 11. The van der Waals surface area contributed by atoms with Crippen LogP contribution in [0.1, 0.15) is 49.1 Å². The third kappa shape index (κ3) is 6.39. The molecular formula is C35H33N3O7S. The Hall–Kier alpha value is -5.34. The molecule has 4 aromatic rings. The second-order valence-corrected chi connectivity index (χ2v) is 11.1. The Morgan fingerprint density at radius 3 is 2.46 bits per heavy atom. The van der Waals surface area contributed by atoms with Crippen molar-refractivity contribution in [1.82, 2.24) is 4.57 Å². The van der Waals surface area contributed by atoms with Crippen LogP contribution in [0.25, 0.3) is 6.08 Å².